The summed E-state index contributed by atoms with van der Waals surface area (Å²) in [6, 6.07) is 2.37. The number of nitrogens with one attached hydrogen (secondary N) is 3. The fourth-order valence-corrected chi connectivity index (χ4v) is 3.55. The van der Waals surface area contributed by atoms with Crippen LogP contribution < -0.4 is 16.0 Å². The van der Waals surface area contributed by atoms with Crippen LogP contribution in [-0.2, 0) is 17.9 Å². The smallest absolute Gasteiger partial charge is 0.272 e. The van der Waals surface area contributed by atoms with Crippen molar-refractivity contribution in [3.05, 3.63) is 41.2 Å². The number of hydrogen-bond acceptors (Lipinski definition) is 4. The van der Waals surface area contributed by atoms with Crippen LogP contribution in [0.5, 0.6) is 0 Å². The Morgan fingerprint density at radius 3 is 2.67 bits per heavy atom. The Bertz CT molecular complexity index is 965. The molecule has 0 spiro atoms. The van der Waals surface area contributed by atoms with Crippen LogP contribution in [0.4, 0.5) is 8.78 Å². The molecule has 3 rings (SSSR count). The van der Waals surface area contributed by atoms with E-state index in [0.717, 1.165) is 31.2 Å². The number of amides is 2. The third kappa shape index (κ3) is 4.35. The Labute approximate surface area is 174 Å². The molecule has 7 nitrogen and oxygen atoms in total. The van der Waals surface area contributed by atoms with Crippen LogP contribution >= 0.6 is 0 Å². The van der Waals surface area contributed by atoms with Gasteiger partial charge in [0.1, 0.15) is 23.5 Å². The van der Waals surface area contributed by atoms with E-state index in [1.54, 1.807) is 4.57 Å². The van der Waals surface area contributed by atoms with Crippen LogP contribution in [-0.4, -0.2) is 41.0 Å². The summed E-state index contributed by atoms with van der Waals surface area (Å²) in [4.78, 5) is 29.9. The van der Waals surface area contributed by atoms with E-state index in [1.807, 2.05) is 20.8 Å². The molecular formula is C21H27F2N5O2. The highest BCUT2D eigenvalue weighted by molar-refractivity contribution is 5.97. The number of hydrogen-bond donors (Lipinski definition) is 3. The van der Waals surface area contributed by atoms with Gasteiger partial charge in [-0.25, -0.2) is 13.8 Å². The lowest BCUT2D eigenvalue weighted by Gasteiger charge is -2.29. The van der Waals surface area contributed by atoms with E-state index in [4.69, 9.17) is 0 Å². The van der Waals surface area contributed by atoms with E-state index in [2.05, 4.69) is 20.9 Å². The molecule has 1 aliphatic rings. The van der Waals surface area contributed by atoms with Crippen molar-refractivity contribution in [2.45, 2.75) is 46.3 Å². The number of likely N-dealkylation sites (N-methyl/N-ethyl adjacent to an activating group) is 1. The molecule has 9 heteroatoms. The number of benzene rings is 1. The van der Waals surface area contributed by atoms with Gasteiger partial charge in [-0.15, -0.1) is 0 Å². The summed E-state index contributed by atoms with van der Waals surface area (Å²) in [5, 5.41) is 8.54. The minimum Gasteiger partial charge on any atom is -0.357 e. The molecule has 0 radical (unpaired) electrons. The van der Waals surface area contributed by atoms with Crippen LogP contribution in [0, 0.1) is 17.0 Å². The van der Waals surface area contributed by atoms with Gasteiger partial charge in [0.2, 0.25) is 5.91 Å². The van der Waals surface area contributed by atoms with Crippen molar-refractivity contribution in [2.75, 3.05) is 13.6 Å². The molecule has 0 fully saturated rings. The van der Waals surface area contributed by atoms with Gasteiger partial charge in [0.15, 0.2) is 5.69 Å². The average molecular weight is 419 g/mol. The molecule has 0 saturated heterocycles. The monoisotopic (exact) mass is 419 g/mol. The molecular weight excluding hydrogens is 392 g/mol. The summed E-state index contributed by atoms with van der Waals surface area (Å²) in [5.74, 6) is -1.87. The third-order valence-corrected chi connectivity index (χ3v) is 5.13. The van der Waals surface area contributed by atoms with Gasteiger partial charge in [-0.1, -0.05) is 20.8 Å². The molecule has 162 valence electrons. The summed E-state index contributed by atoms with van der Waals surface area (Å²) < 4.78 is 30.0. The molecule has 0 aliphatic carbocycles. The first kappa shape index (κ1) is 21.9. The predicted molar refractivity (Wildman–Crippen MR) is 109 cm³/mol. The first-order chi connectivity index (χ1) is 14.1. The summed E-state index contributed by atoms with van der Waals surface area (Å²) >= 11 is 0. The van der Waals surface area contributed by atoms with E-state index in [0.29, 0.717) is 18.8 Å². The highest BCUT2D eigenvalue weighted by atomic mass is 19.1. The molecule has 1 aromatic heterocycles. The Morgan fingerprint density at radius 1 is 1.27 bits per heavy atom. The zero-order chi connectivity index (χ0) is 22.1. The number of nitrogens with zero attached hydrogens (tertiary/aromatic N) is 2. The molecule has 0 unspecified atom stereocenters. The van der Waals surface area contributed by atoms with E-state index in [9.17, 15) is 18.4 Å². The molecule has 2 heterocycles. The fraction of sp³-hybridized carbons (Fsp3) is 0.476. The number of carbonyl (C=O) groups excluding carboxylic acids is 2. The maximum Gasteiger partial charge on any atom is 0.272 e. The predicted octanol–water partition coefficient (Wildman–Crippen LogP) is 2.21. The van der Waals surface area contributed by atoms with E-state index < -0.39 is 29.0 Å². The Morgan fingerprint density at radius 2 is 2.00 bits per heavy atom. The first-order valence-electron chi connectivity index (χ1n) is 9.91. The summed E-state index contributed by atoms with van der Waals surface area (Å²) in [6.07, 6.45) is 0.747. The second kappa shape index (κ2) is 8.51. The van der Waals surface area contributed by atoms with E-state index in [-0.39, 0.29) is 23.0 Å². The normalized spacial score (nSPS) is 15.1. The van der Waals surface area contributed by atoms with Gasteiger partial charge in [0.05, 0.1) is 11.3 Å². The van der Waals surface area contributed by atoms with Crippen LogP contribution in [0.3, 0.4) is 0 Å². The van der Waals surface area contributed by atoms with Crippen LogP contribution in [0.1, 0.15) is 43.4 Å². The fourth-order valence-electron chi connectivity index (χ4n) is 3.55. The lowest BCUT2D eigenvalue weighted by atomic mass is 9.86. The highest BCUT2D eigenvalue weighted by Crippen LogP contribution is 2.28. The summed E-state index contributed by atoms with van der Waals surface area (Å²) in [5.41, 5.74) is 0.132. The molecule has 2 amide bonds. The largest absolute Gasteiger partial charge is 0.357 e. The van der Waals surface area contributed by atoms with Crippen molar-refractivity contribution in [1.29, 1.82) is 0 Å². The maximum absolute atomic E-state index is 14.5. The molecule has 30 heavy (non-hydrogen) atoms. The molecule has 0 bridgehead atoms. The van der Waals surface area contributed by atoms with Crippen LogP contribution in [0.2, 0.25) is 0 Å². The van der Waals surface area contributed by atoms with Crippen molar-refractivity contribution in [2.24, 2.45) is 5.41 Å². The van der Waals surface area contributed by atoms with Crippen molar-refractivity contribution < 1.29 is 18.4 Å². The summed E-state index contributed by atoms with van der Waals surface area (Å²) in [6.45, 7) is 7.11. The lowest BCUT2D eigenvalue weighted by Crippen LogP contribution is -2.53. The number of carbonyl (C=O) groups is 2. The molecule has 1 aromatic carbocycles. The Hall–Kier alpha value is -2.81. The van der Waals surface area contributed by atoms with Crippen molar-refractivity contribution in [3.8, 4) is 11.4 Å². The van der Waals surface area contributed by atoms with Gasteiger partial charge in [0.25, 0.3) is 5.91 Å². The Kier molecular flexibility index (Phi) is 6.21. The zero-order valence-corrected chi connectivity index (χ0v) is 17.6. The van der Waals surface area contributed by atoms with Gasteiger partial charge in [-0.05, 0) is 36.6 Å². The minimum atomic E-state index is -0.791. The number of rotatable bonds is 4. The van der Waals surface area contributed by atoms with Crippen LogP contribution in [0.25, 0.3) is 11.4 Å². The number of halogens is 2. The standard InChI is InChI=1S/C21H27F2N5O2/c1-21(2,3)17(20(30)24-4)27-19(29)16-15-11-25-8-5-9-28(15)18(26-16)13-10-12(22)6-7-14(13)23/h6-7,10,17,25H,5,8-9,11H2,1-4H3,(H,24,30)(H,27,29)/t17-/m1/s1. The van der Waals surface area contributed by atoms with Gasteiger partial charge in [0, 0.05) is 20.1 Å². The number of fused-ring (bicyclic) bond motifs is 1. The Balaban J connectivity index is 2.07. The van der Waals surface area contributed by atoms with Gasteiger partial charge < -0.3 is 20.5 Å². The second-order valence-corrected chi connectivity index (χ2v) is 8.42. The molecule has 1 atom stereocenters. The second-order valence-electron chi connectivity index (χ2n) is 8.42. The molecule has 1 aliphatic heterocycles. The van der Waals surface area contributed by atoms with Gasteiger partial charge >= 0.3 is 0 Å². The number of aromatic nitrogens is 2. The van der Waals surface area contributed by atoms with Crippen molar-refractivity contribution in [1.82, 2.24) is 25.5 Å². The van der Waals surface area contributed by atoms with E-state index >= 15 is 0 Å². The van der Waals surface area contributed by atoms with Gasteiger partial charge in [-0.2, -0.15) is 0 Å². The lowest BCUT2D eigenvalue weighted by molar-refractivity contribution is -0.124. The highest BCUT2D eigenvalue weighted by Gasteiger charge is 2.34. The van der Waals surface area contributed by atoms with Crippen LogP contribution in [0.15, 0.2) is 18.2 Å². The minimum absolute atomic E-state index is 0.00382. The average Bonchev–Trinajstić information content (AvgIpc) is 2.87. The molecule has 2 aromatic rings. The third-order valence-electron chi connectivity index (χ3n) is 5.13. The number of imidazole rings is 1. The maximum atomic E-state index is 14.5. The quantitative estimate of drug-likeness (QED) is 0.709. The molecule has 0 saturated carbocycles. The first-order valence-corrected chi connectivity index (χ1v) is 9.91. The van der Waals surface area contributed by atoms with Crippen molar-refractivity contribution >= 4 is 11.8 Å². The summed E-state index contributed by atoms with van der Waals surface area (Å²) in [7, 11) is 1.50. The van der Waals surface area contributed by atoms with Gasteiger partial charge in [-0.3, -0.25) is 9.59 Å². The van der Waals surface area contributed by atoms with E-state index in [1.165, 1.54) is 7.05 Å². The van der Waals surface area contributed by atoms with Crippen molar-refractivity contribution in [3.63, 3.8) is 0 Å². The zero-order valence-electron chi connectivity index (χ0n) is 17.6. The SMILES string of the molecule is CNC(=O)[C@@H](NC(=O)c1nc(-c2cc(F)ccc2F)n2c1CNCCC2)C(C)(C)C. The molecule has 3 N–H and O–H groups in total. The topological polar surface area (TPSA) is 88.1 Å².